The number of benzene rings is 2. The molecule has 0 aromatic heterocycles. The number of ether oxygens (including phenoxy) is 2. The lowest BCUT2D eigenvalue weighted by Gasteiger charge is -2.11. The maximum absolute atomic E-state index is 12.2. The van der Waals surface area contributed by atoms with Crippen molar-refractivity contribution in [1.82, 2.24) is 0 Å². The standard InChI is InChI=1S/C17H11F3N2O2/c1-23-15-7-12(9-21)16(13(8-15)10-22)6-11-2-4-14(5-3-11)24-17(18,19)20/h2-5,7-8H,6H2,1H3. The molecule has 24 heavy (non-hydrogen) atoms. The van der Waals surface area contributed by atoms with E-state index in [4.69, 9.17) is 4.74 Å². The number of hydrogen-bond donors (Lipinski definition) is 0. The van der Waals surface area contributed by atoms with Crippen molar-refractivity contribution in [3.8, 4) is 23.6 Å². The molecule has 0 radical (unpaired) electrons. The van der Waals surface area contributed by atoms with Gasteiger partial charge in [-0.25, -0.2) is 0 Å². The predicted molar refractivity (Wildman–Crippen MR) is 78.4 cm³/mol. The van der Waals surface area contributed by atoms with E-state index in [-0.39, 0.29) is 23.3 Å². The van der Waals surface area contributed by atoms with Crippen molar-refractivity contribution in [3.05, 3.63) is 58.7 Å². The molecule has 0 heterocycles. The van der Waals surface area contributed by atoms with Crippen LogP contribution in [0.25, 0.3) is 0 Å². The summed E-state index contributed by atoms with van der Waals surface area (Å²) in [7, 11) is 1.43. The molecule has 2 aromatic carbocycles. The van der Waals surface area contributed by atoms with Gasteiger partial charge in [0.15, 0.2) is 0 Å². The van der Waals surface area contributed by atoms with Crippen LogP contribution in [0.4, 0.5) is 13.2 Å². The zero-order valence-corrected chi connectivity index (χ0v) is 12.5. The fourth-order valence-corrected chi connectivity index (χ4v) is 2.17. The third-order valence-electron chi connectivity index (χ3n) is 3.24. The summed E-state index contributed by atoms with van der Waals surface area (Å²) in [6.45, 7) is 0. The first-order valence-corrected chi connectivity index (χ1v) is 6.72. The lowest BCUT2D eigenvalue weighted by molar-refractivity contribution is -0.274. The van der Waals surface area contributed by atoms with Crippen molar-refractivity contribution in [2.45, 2.75) is 12.8 Å². The number of alkyl halides is 3. The van der Waals surface area contributed by atoms with Gasteiger partial charge in [-0.15, -0.1) is 13.2 Å². The Labute approximate surface area is 136 Å². The summed E-state index contributed by atoms with van der Waals surface area (Å²) in [6, 6.07) is 12.3. The van der Waals surface area contributed by atoms with Crippen molar-refractivity contribution in [3.63, 3.8) is 0 Å². The van der Waals surface area contributed by atoms with Gasteiger partial charge in [0.05, 0.1) is 30.4 Å². The van der Waals surface area contributed by atoms with E-state index in [2.05, 4.69) is 4.74 Å². The third-order valence-corrected chi connectivity index (χ3v) is 3.24. The van der Waals surface area contributed by atoms with E-state index in [1.54, 1.807) is 0 Å². The zero-order valence-electron chi connectivity index (χ0n) is 12.5. The molecule has 2 rings (SSSR count). The number of hydrogen-bond acceptors (Lipinski definition) is 4. The van der Waals surface area contributed by atoms with Crippen molar-refractivity contribution < 1.29 is 22.6 Å². The average molecular weight is 332 g/mol. The molecular weight excluding hydrogens is 321 g/mol. The van der Waals surface area contributed by atoms with Gasteiger partial charge in [0.1, 0.15) is 11.5 Å². The van der Waals surface area contributed by atoms with E-state index in [9.17, 15) is 23.7 Å². The van der Waals surface area contributed by atoms with Gasteiger partial charge in [-0.2, -0.15) is 10.5 Å². The Balaban J connectivity index is 2.31. The molecule has 0 unspecified atom stereocenters. The van der Waals surface area contributed by atoms with E-state index in [1.165, 1.54) is 43.5 Å². The Morgan fingerprint density at radius 2 is 1.50 bits per heavy atom. The number of nitriles is 2. The van der Waals surface area contributed by atoms with Gasteiger partial charge in [0.2, 0.25) is 0 Å². The van der Waals surface area contributed by atoms with Gasteiger partial charge >= 0.3 is 6.36 Å². The second-order valence-corrected chi connectivity index (χ2v) is 4.79. The largest absolute Gasteiger partial charge is 0.573 e. The van der Waals surface area contributed by atoms with Crippen LogP contribution in [0.3, 0.4) is 0 Å². The summed E-state index contributed by atoms with van der Waals surface area (Å²) in [5, 5.41) is 18.5. The lowest BCUT2D eigenvalue weighted by atomic mass is 9.95. The maximum Gasteiger partial charge on any atom is 0.573 e. The molecule has 2 aromatic rings. The quantitative estimate of drug-likeness (QED) is 0.851. The first kappa shape index (κ1) is 17.2. The van der Waals surface area contributed by atoms with E-state index in [0.717, 1.165) is 0 Å². The molecule has 0 aliphatic rings. The number of methoxy groups -OCH3 is 1. The summed E-state index contributed by atoms with van der Waals surface area (Å²) >= 11 is 0. The first-order chi connectivity index (χ1) is 11.4. The highest BCUT2D eigenvalue weighted by atomic mass is 19.4. The summed E-state index contributed by atoms with van der Waals surface area (Å²) in [6.07, 6.45) is -4.53. The predicted octanol–water partition coefficient (Wildman–Crippen LogP) is 3.93. The highest BCUT2D eigenvalue weighted by molar-refractivity contribution is 5.54. The average Bonchev–Trinajstić information content (AvgIpc) is 2.55. The molecule has 0 fully saturated rings. The van der Waals surface area contributed by atoms with Crippen LogP contribution in [0.1, 0.15) is 22.3 Å². The zero-order chi connectivity index (χ0) is 17.7. The van der Waals surface area contributed by atoms with Crippen LogP contribution in [0.15, 0.2) is 36.4 Å². The molecular formula is C17H11F3N2O2. The van der Waals surface area contributed by atoms with Crippen molar-refractivity contribution in [2.75, 3.05) is 7.11 Å². The van der Waals surface area contributed by atoms with Crippen LogP contribution in [0.2, 0.25) is 0 Å². The monoisotopic (exact) mass is 332 g/mol. The van der Waals surface area contributed by atoms with E-state index in [0.29, 0.717) is 16.9 Å². The van der Waals surface area contributed by atoms with Crippen LogP contribution in [-0.4, -0.2) is 13.5 Å². The first-order valence-electron chi connectivity index (χ1n) is 6.72. The second kappa shape index (κ2) is 6.93. The molecule has 0 saturated heterocycles. The van der Waals surface area contributed by atoms with Crippen molar-refractivity contribution in [1.29, 1.82) is 10.5 Å². The maximum atomic E-state index is 12.2. The highest BCUT2D eigenvalue weighted by Crippen LogP contribution is 2.26. The van der Waals surface area contributed by atoms with Gasteiger partial charge in [0.25, 0.3) is 0 Å². The Morgan fingerprint density at radius 1 is 0.958 bits per heavy atom. The molecule has 0 amide bonds. The molecule has 0 spiro atoms. The molecule has 0 aliphatic carbocycles. The Hall–Kier alpha value is -3.19. The highest BCUT2D eigenvalue weighted by Gasteiger charge is 2.30. The fourth-order valence-electron chi connectivity index (χ4n) is 2.17. The topological polar surface area (TPSA) is 66.0 Å². The van der Waals surface area contributed by atoms with E-state index in [1.807, 2.05) is 12.1 Å². The Kier molecular flexibility index (Phi) is 4.96. The molecule has 0 atom stereocenters. The molecule has 0 saturated carbocycles. The minimum absolute atomic E-state index is 0.224. The second-order valence-electron chi connectivity index (χ2n) is 4.79. The third kappa shape index (κ3) is 4.17. The molecule has 122 valence electrons. The van der Waals surface area contributed by atoms with Crippen molar-refractivity contribution >= 4 is 0 Å². The normalized spacial score (nSPS) is 10.6. The summed E-state index contributed by atoms with van der Waals surface area (Å²) < 4.78 is 45.3. The van der Waals surface area contributed by atoms with Crippen LogP contribution in [0, 0.1) is 22.7 Å². The minimum Gasteiger partial charge on any atom is -0.497 e. The van der Waals surface area contributed by atoms with Gasteiger partial charge in [-0.1, -0.05) is 12.1 Å². The van der Waals surface area contributed by atoms with Gasteiger partial charge in [0, 0.05) is 6.42 Å². The van der Waals surface area contributed by atoms with Crippen LogP contribution in [-0.2, 0) is 6.42 Å². The lowest BCUT2D eigenvalue weighted by Crippen LogP contribution is -2.17. The van der Waals surface area contributed by atoms with E-state index < -0.39 is 6.36 Å². The SMILES string of the molecule is COc1cc(C#N)c(Cc2ccc(OC(F)(F)F)cc2)c(C#N)c1. The smallest absolute Gasteiger partial charge is 0.497 e. The van der Waals surface area contributed by atoms with E-state index >= 15 is 0 Å². The van der Waals surface area contributed by atoms with Gasteiger partial charge in [-0.05, 0) is 35.4 Å². The molecule has 4 nitrogen and oxygen atoms in total. The Bertz CT molecular complexity index is 781. The molecule has 0 bridgehead atoms. The summed E-state index contributed by atoms with van der Waals surface area (Å²) in [5.41, 5.74) is 1.69. The van der Waals surface area contributed by atoms with Crippen LogP contribution in [0.5, 0.6) is 11.5 Å². The number of nitrogens with zero attached hydrogens (tertiary/aromatic N) is 2. The molecule has 0 aliphatic heterocycles. The fraction of sp³-hybridized carbons (Fsp3) is 0.176. The van der Waals surface area contributed by atoms with Crippen LogP contribution >= 0.6 is 0 Å². The molecule has 0 N–H and O–H groups in total. The Morgan fingerprint density at radius 3 is 1.92 bits per heavy atom. The number of rotatable bonds is 4. The van der Waals surface area contributed by atoms with Crippen LogP contribution < -0.4 is 9.47 Å². The molecule has 7 heteroatoms. The summed E-state index contributed by atoms with van der Waals surface area (Å²) in [4.78, 5) is 0. The van der Waals surface area contributed by atoms with Gasteiger partial charge in [-0.3, -0.25) is 0 Å². The van der Waals surface area contributed by atoms with Gasteiger partial charge < -0.3 is 9.47 Å². The minimum atomic E-state index is -4.75. The summed E-state index contributed by atoms with van der Waals surface area (Å²) in [5.74, 6) is 0.0581. The van der Waals surface area contributed by atoms with Crippen molar-refractivity contribution in [2.24, 2.45) is 0 Å². The number of halogens is 3.